The van der Waals surface area contributed by atoms with Crippen molar-refractivity contribution < 1.29 is 8.83 Å². The number of thiophene rings is 2. The fourth-order valence-corrected chi connectivity index (χ4v) is 10.4. The largest absolute Gasteiger partial charge is 0.455 e. The van der Waals surface area contributed by atoms with Gasteiger partial charge in [0.1, 0.15) is 16.7 Å². The number of nitrogens with zero attached hydrogens (tertiary/aromatic N) is 2. The van der Waals surface area contributed by atoms with Gasteiger partial charge < -0.3 is 13.7 Å². The summed E-state index contributed by atoms with van der Waals surface area (Å²) in [6.07, 6.45) is 0. The van der Waals surface area contributed by atoms with Crippen LogP contribution in [0.2, 0.25) is 0 Å². The highest BCUT2D eigenvalue weighted by atomic mass is 32.1. The minimum Gasteiger partial charge on any atom is -0.455 e. The number of hydrogen-bond donors (Lipinski definition) is 0. The first kappa shape index (κ1) is 30.7. The standard InChI is InChI=1S/C49H28N2O2S2/c1-2-10-30(11-3-1)49-50-40-28-39(47-46(48(40)53-49)38-14-4-7-15-41(38)52-47)29-18-20-31(21-19-29)51(32-22-24-36-34-12-5-8-16-42(34)54-44(36)26-32)33-23-25-37-35-13-6-9-17-43(35)55-45(37)27-33/h1-28H. The molecule has 0 fully saturated rings. The number of fused-ring (bicyclic) bond motifs is 11. The van der Waals surface area contributed by atoms with E-state index in [1.54, 1.807) is 0 Å². The molecule has 4 heterocycles. The second kappa shape index (κ2) is 11.9. The van der Waals surface area contributed by atoms with Crippen molar-refractivity contribution >= 4 is 113 Å². The summed E-state index contributed by atoms with van der Waals surface area (Å²) in [4.78, 5) is 7.37. The van der Waals surface area contributed by atoms with Crippen LogP contribution in [0.5, 0.6) is 0 Å². The van der Waals surface area contributed by atoms with Gasteiger partial charge in [-0.05, 0) is 78.4 Å². The highest BCUT2D eigenvalue weighted by molar-refractivity contribution is 7.26. The molecule has 4 nitrogen and oxygen atoms in total. The summed E-state index contributed by atoms with van der Waals surface area (Å²) in [7, 11) is 0. The Morgan fingerprint density at radius 2 is 0.982 bits per heavy atom. The van der Waals surface area contributed by atoms with Crippen molar-refractivity contribution in [1.82, 2.24) is 4.98 Å². The molecule has 0 bridgehead atoms. The SMILES string of the molecule is c1ccc(-c2nc3cc(-c4ccc(N(c5ccc6c(c5)sc5ccccc56)c5ccc6c(c5)sc5ccccc56)cc4)c4oc5ccccc5c4c3o2)cc1. The highest BCUT2D eigenvalue weighted by Gasteiger charge is 2.22. The summed E-state index contributed by atoms with van der Waals surface area (Å²) < 4.78 is 18.2. The Hall–Kier alpha value is -6.73. The first-order chi connectivity index (χ1) is 27.2. The van der Waals surface area contributed by atoms with Gasteiger partial charge in [-0.2, -0.15) is 0 Å². The van der Waals surface area contributed by atoms with E-state index in [1.807, 2.05) is 71.2 Å². The molecule has 4 aromatic heterocycles. The Morgan fingerprint density at radius 1 is 0.418 bits per heavy atom. The van der Waals surface area contributed by atoms with E-state index in [0.717, 1.165) is 66.8 Å². The third-order valence-corrected chi connectivity index (χ3v) is 13.0. The van der Waals surface area contributed by atoms with Gasteiger partial charge in [0.15, 0.2) is 5.58 Å². The van der Waals surface area contributed by atoms with E-state index in [9.17, 15) is 0 Å². The van der Waals surface area contributed by atoms with Crippen molar-refractivity contribution in [2.75, 3.05) is 4.90 Å². The number of benzene rings is 8. The van der Waals surface area contributed by atoms with E-state index in [1.165, 1.54) is 40.3 Å². The number of anilines is 3. The molecule has 55 heavy (non-hydrogen) atoms. The van der Waals surface area contributed by atoms with Gasteiger partial charge in [0.25, 0.3) is 0 Å². The molecule has 8 aromatic carbocycles. The summed E-state index contributed by atoms with van der Waals surface area (Å²) in [5.74, 6) is 0.594. The first-order valence-electron chi connectivity index (χ1n) is 18.3. The summed E-state index contributed by atoms with van der Waals surface area (Å²) >= 11 is 3.69. The van der Waals surface area contributed by atoms with Crippen LogP contribution in [0.15, 0.2) is 179 Å². The minimum atomic E-state index is 0.594. The molecule has 6 heteroatoms. The van der Waals surface area contributed by atoms with Crippen molar-refractivity contribution in [3.63, 3.8) is 0 Å². The average molecular weight is 741 g/mol. The molecule has 0 atom stereocenters. The van der Waals surface area contributed by atoms with Crippen LogP contribution in [0.4, 0.5) is 17.1 Å². The number of aromatic nitrogens is 1. The van der Waals surface area contributed by atoms with E-state index >= 15 is 0 Å². The van der Waals surface area contributed by atoms with E-state index in [4.69, 9.17) is 13.8 Å². The molecule has 0 amide bonds. The van der Waals surface area contributed by atoms with E-state index < -0.39 is 0 Å². The fraction of sp³-hybridized carbons (Fsp3) is 0. The average Bonchev–Trinajstić information content (AvgIpc) is 4.02. The van der Waals surface area contributed by atoms with Crippen LogP contribution < -0.4 is 4.90 Å². The molecule has 12 rings (SSSR count). The number of hydrogen-bond acceptors (Lipinski definition) is 6. The quantitative estimate of drug-likeness (QED) is 0.176. The summed E-state index contributed by atoms with van der Waals surface area (Å²) in [5.41, 5.74) is 9.40. The second-order valence-electron chi connectivity index (χ2n) is 13.9. The summed E-state index contributed by atoms with van der Waals surface area (Å²) in [5, 5.41) is 7.12. The number of furan rings is 1. The lowest BCUT2D eigenvalue weighted by Gasteiger charge is -2.26. The number of para-hydroxylation sites is 1. The number of rotatable bonds is 5. The van der Waals surface area contributed by atoms with Crippen LogP contribution in [0.25, 0.3) is 96.0 Å². The zero-order valence-electron chi connectivity index (χ0n) is 29.2. The van der Waals surface area contributed by atoms with Gasteiger partial charge in [0.05, 0.1) is 5.39 Å². The third kappa shape index (κ3) is 4.79. The summed E-state index contributed by atoms with van der Waals surface area (Å²) in [6.45, 7) is 0. The van der Waals surface area contributed by atoms with E-state index in [0.29, 0.717) is 5.89 Å². The molecule has 0 aliphatic heterocycles. The molecule has 0 saturated heterocycles. The lowest BCUT2D eigenvalue weighted by Crippen LogP contribution is -2.09. The molecule has 0 N–H and O–H groups in total. The molecule has 12 aromatic rings. The van der Waals surface area contributed by atoms with Crippen molar-refractivity contribution in [3.8, 4) is 22.6 Å². The van der Waals surface area contributed by atoms with Gasteiger partial charge >= 0.3 is 0 Å². The smallest absolute Gasteiger partial charge is 0.227 e. The first-order valence-corrected chi connectivity index (χ1v) is 19.9. The Labute approximate surface area is 322 Å². The van der Waals surface area contributed by atoms with E-state index in [-0.39, 0.29) is 0 Å². The second-order valence-corrected chi connectivity index (χ2v) is 16.1. The molecule has 0 aliphatic carbocycles. The van der Waals surface area contributed by atoms with Crippen LogP contribution in [-0.4, -0.2) is 4.98 Å². The van der Waals surface area contributed by atoms with Crippen LogP contribution in [0, 0.1) is 0 Å². The Balaban J connectivity index is 1.03. The van der Waals surface area contributed by atoms with Crippen molar-refractivity contribution in [3.05, 3.63) is 170 Å². The van der Waals surface area contributed by atoms with Gasteiger partial charge in [-0.25, -0.2) is 4.98 Å². The van der Waals surface area contributed by atoms with Gasteiger partial charge in [-0.3, -0.25) is 0 Å². The highest BCUT2D eigenvalue weighted by Crippen LogP contribution is 2.45. The summed E-state index contributed by atoms with van der Waals surface area (Å²) in [6, 6.07) is 60.2. The van der Waals surface area contributed by atoms with Crippen LogP contribution in [0.3, 0.4) is 0 Å². The monoisotopic (exact) mass is 740 g/mol. The predicted octanol–water partition coefficient (Wildman–Crippen LogP) is 15.3. The maximum Gasteiger partial charge on any atom is 0.227 e. The van der Waals surface area contributed by atoms with Gasteiger partial charge in [0, 0.05) is 73.9 Å². The molecule has 0 aliphatic rings. The van der Waals surface area contributed by atoms with Gasteiger partial charge in [0.2, 0.25) is 5.89 Å². The Bertz CT molecular complexity index is 3330. The lowest BCUT2D eigenvalue weighted by molar-refractivity contribution is 0.622. The zero-order chi connectivity index (χ0) is 36.0. The lowest BCUT2D eigenvalue weighted by atomic mass is 10.0. The molecule has 0 unspecified atom stereocenters. The maximum atomic E-state index is 6.61. The Kier molecular flexibility index (Phi) is 6.64. The molecule has 0 spiro atoms. The van der Waals surface area contributed by atoms with Crippen molar-refractivity contribution in [2.24, 2.45) is 0 Å². The molecule has 0 saturated carbocycles. The minimum absolute atomic E-state index is 0.594. The third-order valence-electron chi connectivity index (χ3n) is 10.7. The predicted molar refractivity (Wildman–Crippen MR) is 233 cm³/mol. The van der Waals surface area contributed by atoms with Crippen molar-refractivity contribution in [1.29, 1.82) is 0 Å². The normalized spacial score (nSPS) is 12.0. The number of oxazole rings is 1. The van der Waals surface area contributed by atoms with Crippen LogP contribution >= 0.6 is 22.7 Å². The van der Waals surface area contributed by atoms with Crippen LogP contribution in [-0.2, 0) is 0 Å². The van der Waals surface area contributed by atoms with Gasteiger partial charge in [-0.1, -0.05) is 97.1 Å². The maximum absolute atomic E-state index is 6.61. The van der Waals surface area contributed by atoms with Crippen LogP contribution in [0.1, 0.15) is 0 Å². The van der Waals surface area contributed by atoms with Gasteiger partial charge in [-0.15, -0.1) is 22.7 Å². The molecule has 258 valence electrons. The zero-order valence-corrected chi connectivity index (χ0v) is 30.8. The topological polar surface area (TPSA) is 42.4 Å². The van der Waals surface area contributed by atoms with E-state index in [2.05, 4.69) is 126 Å². The molecule has 0 radical (unpaired) electrons. The molecular weight excluding hydrogens is 713 g/mol. The fourth-order valence-electron chi connectivity index (χ4n) is 8.13. The Morgan fingerprint density at radius 3 is 1.65 bits per heavy atom. The molecular formula is C49H28N2O2S2. The van der Waals surface area contributed by atoms with Crippen molar-refractivity contribution in [2.45, 2.75) is 0 Å².